The fourth-order valence-corrected chi connectivity index (χ4v) is 5.10. The number of rotatable bonds is 4. The van der Waals surface area contributed by atoms with Crippen LogP contribution in [0.2, 0.25) is 10.0 Å². The Hall–Kier alpha value is -1.35. The number of aliphatic hydroxyl groups excluding tert-OH is 1. The lowest BCUT2D eigenvalue weighted by Crippen LogP contribution is -2.39. The number of hydrogen-bond donors (Lipinski definition) is 2. The van der Waals surface area contributed by atoms with Gasteiger partial charge in [-0.05, 0) is 54.8 Å². The molecule has 1 saturated heterocycles. The summed E-state index contributed by atoms with van der Waals surface area (Å²) in [4.78, 5) is 2.23. The number of primary sulfonamides is 1. The topological polar surface area (TPSA) is 92.9 Å². The Morgan fingerprint density at radius 3 is 2.50 bits per heavy atom. The second-order valence-corrected chi connectivity index (χ2v) is 9.62. The average Bonchev–Trinajstić information content (AvgIpc) is 3.19. The van der Waals surface area contributed by atoms with E-state index >= 15 is 0 Å². The summed E-state index contributed by atoms with van der Waals surface area (Å²) in [5.74, 6) is 0.520. The van der Waals surface area contributed by atoms with E-state index in [4.69, 9.17) is 33.1 Å². The third-order valence-corrected chi connectivity index (χ3v) is 6.83. The molecule has 2 aromatic carbocycles. The van der Waals surface area contributed by atoms with Gasteiger partial charge in [0, 0.05) is 28.7 Å². The second-order valence-electron chi connectivity index (χ2n) is 7.22. The Morgan fingerprint density at radius 1 is 1.18 bits per heavy atom. The molecule has 6 nitrogen and oxygen atoms in total. The molecule has 0 bridgehead atoms. The maximum absolute atomic E-state index is 11.5. The van der Waals surface area contributed by atoms with E-state index in [-0.39, 0.29) is 23.1 Å². The van der Waals surface area contributed by atoms with E-state index in [1.165, 1.54) is 12.1 Å². The van der Waals surface area contributed by atoms with Gasteiger partial charge < -0.3 is 9.84 Å². The number of sulfonamides is 1. The van der Waals surface area contributed by atoms with Gasteiger partial charge in [0.25, 0.3) is 0 Å². The smallest absolute Gasteiger partial charge is 0.238 e. The molecule has 2 aromatic rings. The molecular formula is C19H20Cl2N2O4S. The van der Waals surface area contributed by atoms with E-state index in [9.17, 15) is 13.5 Å². The fraction of sp³-hybridized carbons (Fsp3) is 0.368. The maximum Gasteiger partial charge on any atom is 0.238 e. The summed E-state index contributed by atoms with van der Waals surface area (Å²) in [5.41, 5.74) is 1.91. The summed E-state index contributed by atoms with van der Waals surface area (Å²) < 4.78 is 29.2. The predicted octanol–water partition coefficient (Wildman–Crippen LogP) is 2.75. The molecule has 1 unspecified atom stereocenters. The molecule has 0 spiro atoms. The minimum atomic E-state index is -3.76. The van der Waals surface area contributed by atoms with E-state index in [2.05, 4.69) is 4.90 Å². The number of β-amino-alcohol motifs (C(OH)–C–C–N with tert-alkyl or cyclic N) is 1. The number of aliphatic hydroxyl groups is 1. The van der Waals surface area contributed by atoms with Crippen molar-refractivity contribution in [3.63, 3.8) is 0 Å². The van der Waals surface area contributed by atoms with Crippen LogP contribution in [0.25, 0.3) is 0 Å². The van der Waals surface area contributed by atoms with Crippen LogP contribution in [0, 0.1) is 0 Å². The van der Waals surface area contributed by atoms with Gasteiger partial charge in [0.05, 0.1) is 17.0 Å². The van der Waals surface area contributed by atoms with Crippen molar-refractivity contribution >= 4 is 33.2 Å². The number of hydrogen-bond acceptors (Lipinski definition) is 5. The lowest BCUT2D eigenvalue weighted by atomic mass is 10.1. The summed E-state index contributed by atoms with van der Waals surface area (Å²) in [6.07, 6.45) is 0.726. The largest absolute Gasteiger partial charge is 0.484 e. The molecule has 1 fully saturated rings. The van der Waals surface area contributed by atoms with Gasteiger partial charge in [-0.3, -0.25) is 4.90 Å². The molecule has 0 amide bonds. The van der Waals surface area contributed by atoms with E-state index in [1.807, 2.05) is 6.07 Å². The zero-order valence-corrected chi connectivity index (χ0v) is 17.2. The highest BCUT2D eigenvalue weighted by atomic mass is 35.5. The molecule has 1 aliphatic heterocycles. The standard InChI is InChI=1S/C19H20Cl2N2O4S/c20-11-7-16-15(17(21)8-11)9-18(23-6-5-12(24)10-23)19(16)27-13-1-3-14(4-2-13)28(22,25)26/h1-4,7-8,12,18-19,24H,5-6,9-10H2,(H2,22,25,26)/t12?,18-,19-/m0/s1. The van der Waals surface area contributed by atoms with Crippen molar-refractivity contribution in [3.05, 3.63) is 57.6 Å². The first-order chi connectivity index (χ1) is 13.2. The summed E-state index contributed by atoms with van der Waals surface area (Å²) in [7, 11) is -3.76. The van der Waals surface area contributed by atoms with Crippen LogP contribution in [-0.4, -0.2) is 43.7 Å². The van der Waals surface area contributed by atoms with Gasteiger partial charge >= 0.3 is 0 Å². The van der Waals surface area contributed by atoms with Crippen molar-refractivity contribution in [2.45, 2.75) is 36.0 Å². The Kier molecular flexibility index (Phi) is 5.33. The third kappa shape index (κ3) is 3.87. The van der Waals surface area contributed by atoms with E-state index in [0.717, 1.165) is 24.1 Å². The molecule has 0 aromatic heterocycles. The Balaban J connectivity index is 1.67. The molecule has 28 heavy (non-hydrogen) atoms. The van der Waals surface area contributed by atoms with Gasteiger partial charge in [0.15, 0.2) is 0 Å². The normalized spacial score (nSPS) is 25.1. The molecule has 0 saturated carbocycles. The van der Waals surface area contributed by atoms with Gasteiger partial charge in [0.1, 0.15) is 11.9 Å². The lowest BCUT2D eigenvalue weighted by Gasteiger charge is -2.30. The first-order valence-corrected chi connectivity index (χ1v) is 11.2. The SMILES string of the molecule is NS(=O)(=O)c1ccc(O[C@H]2c3cc(Cl)cc(Cl)c3C[C@@H]2N2CCC(O)C2)cc1. The van der Waals surface area contributed by atoms with Crippen LogP contribution < -0.4 is 9.88 Å². The van der Waals surface area contributed by atoms with E-state index < -0.39 is 10.0 Å². The number of nitrogens with zero attached hydrogens (tertiary/aromatic N) is 1. The maximum atomic E-state index is 11.5. The van der Waals surface area contributed by atoms with Gasteiger partial charge in [-0.1, -0.05) is 23.2 Å². The quantitative estimate of drug-likeness (QED) is 0.758. The van der Waals surface area contributed by atoms with Crippen molar-refractivity contribution < 1.29 is 18.3 Å². The van der Waals surface area contributed by atoms with Gasteiger partial charge in [-0.2, -0.15) is 0 Å². The minimum absolute atomic E-state index is 0.000958. The van der Waals surface area contributed by atoms with Crippen molar-refractivity contribution in [2.24, 2.45) is 5.14 Å². The van der Waals surface area contributed by atoms with E-state index in [1.54, 1.807) is 18.2 Å². The van der Waals surface area contributed by atoms with Gasteiger partial charge in [-0.15, -0.1) is 0 Å². The third-order valence-electron chi connectivity index (χ3n) is 5.34. The number of benzene rings is 2. The number of nitrogens with two attached hydrogens (primary N) is 1. The minimum Gasteiger partial charge on any atom is -0.484 e. The summed E-state index contributed by atoms with van der Waals surface area (Å²) in [5, 5.41) is 16.2. The molecule has 1 aliphatic carbocycles. The number of likely N-dealkylation sites (tertiary alicyclic amines) is 1. The molecule has 150 valence electrons. The molecule has 3 N–H and O–H groups in total. The molecule has 1 heterocycles. The summed E-state index contributed by atoms with van der Waals surface area (Å²) >= 11 is 12.7. The number of fused-ring (bicyclic) bond motifs is 1. The van der Waals surface area contributed by atoms with Crippen molar-refractivity contribution in [2.75, 3.05) is 13.1 Å². The molecule has 3 atom stereocenters. The highest BCUT2D eigenvalue weighted by Crippen LogP contribution is 2.43. The van der Waals surface area contributed by atoms with Crippen LogP contribution in [-0.2, 0) is 16.4 Å². The average molecular weight is 443 g/mol. The van der Waals surface area contributed by atoms with Crippen LogP contribution in [0.15, 0.2) is 41.3 Å². The zero-order chi connectivity index (χ0) is 20.1. The fourth-order valence-electron chi connectivity index (χ4n) is 4.00. The van der Waals surface area contributed by atoms with Crippen LogP contribution >= 0.6 is 23.2 Å². The summed E-state index contributed by atoms with van der Waals surface area (Å²) in [6.45, 7) is 1.35. The van der Waals surface area contributed by atoms with Crippen molar-refractivity contribution in [3.8, 4) is 5.75 Å². The zero-order valence-electron chi connectivity index (χ0n) is 14.9. The molecule has 4 rings (SSSR count). The molecule has 9 heteroatoms. The molecule has 0 radical (unpaired) electrons. The van der Waals surface area contributed by atoms with Crippen LogP contribution in [0.3, 0.4) is 0 Å². The van der Waals surface area contributed by atoms with Crippen LogP contribution in [0.4, 0.5) is 0 Å². The van der Waals surface area contributed by atoms with Gasteiger partial charge in [-0.25, -0.2) is 13.6 Å². The molecular weight excluding hydrogens is 423 g/mol. The number of ether oxygens (including phenoxy) is 1. The lowest BCUT2D eigenvalue weighted by molar-refractivity contribution is 0.0818. The molecule has 2 aliphatic rings. The first-order valence-electron chi connectivity index (χ1n) is 8.92. The monoisotopic (exact) mass is 442 g/mol. The van der Waals surface area contributed by atoms with Gasteiger partial charge in [0.2, 0.25) is 10.0 Å². The number of halogens is 2. The summed E-state index contributed by atoms with van der Waals surface area (Å²) in [6, 6.07) is 9.58. The Morgan fingerprint density at radius 2 is 1.89 bits per heavy atom. The highest BCUT2D eigenvalue weighted by molar-refractivity contribution is 7.89. The van der Waals surface area contributed by atoms with Crippen LogP contribution in [0.1, 0.15) is 23.7 Å². The Labute approximate surface area is 173 Å². The van der Waals surface area contributed by atoms with Crippen molar-refractivity contribution in [1.29, 1.82) is 0 Å². The highest BCUT2D eigenvalue weighted by Gasteiger charge is 2.41. The second kappa shape index (κ2) is 7.48. The predicted molar refractivity (Wildman–Crippen MR) is 107 cm³/mol. The van der Waals surface area contributed by atoms with Crippen molar-refractivity contribution in [1.82, 2.24) is 4.90 Å². The van der Waals surface area contributed by atoms with Crippen LogP contribution in [0.5, 0.6) is 5.75 Å². The Bertz CT molecular complexity index is 998. The first kappa shape index (κ1) is 19.9. The van der Waals surface area contributed by atoms with E-state index in [0.29, 0.717) is 28.8 Å².